The van der Waals surface area contributed by atoms with E-state index in [1.165, 1.54) is 17.7 Å². The maximum absolute atomic E-state index is 9.25. The molecule has 4 N–H and O–H groups in total. The second kappa shape index (κ2) is 2.23. The molecular formula is C7H10N2O2. The van der Waals surface area contributed by atoms with Crippen molar-refractivity contribution in [3.05, 3.63) is 12.1 Å². The fourth-order valence-electron chi connectivity index (χ4n) is 0.904. The number of hydrogen-bond acceptors (Lipinski definition) is 3. The van der Waals surface area contributed by atoms with Crippen LogP contribution in [0.3, 0.4) is 0 Å². The van der Waals surface area contributed by atoms with Crippen LogP contribution in [0.5, 0.6) is 11.8 Å². The SMILES string of the molecule is C=Cc1c(N)c(O)n(C)c1O. The van der Waals surface area contributed by atoms with E-state index in [2.05, 4.69) is 6.58 Å². The highest BCUT2D eigenvalue weighted by Gasteiger charge is 2.14. The summed E-state index contributed by atoms with van der Waals surface area (Å²) < 4.78 is 1.19. The van der Waals surface area contributed by atoms with Crippen LogP contribution in [0.25, 0.3) is 6.08 Å². The molecule has 1 aromatic rings. The Bertz CT molecular complexity index is 276. The van der Waals surface area contributed by atoms with Crippen LogP contribution in [0.4, 0.5) is 5.69 Å². The van der Waals surface area contributed by atoms with Crippen molar-refractivity contribution in [2.75, 3.05) is 5.73 Å². The minimum absolute atomic E-state index is 0.0741. The maximum Gasteiger partial charge on any atom is 0.218 e. The summed E-state index contributed by atoms with van der Waals surface area (Å²) >= 11 is 0. The molecule has 0 aromatic carbocycles. The van der Waals surface area contributed by atoms with Crippen molar-refractivity contribution in [3.8, 4) is 11.8 Å². The Morgan fingerprint density at radius 2 is 2.00 bits per heavy atom. The lowest BCUT2D eigenvalue weighted by molar-refractivity contribution is 0.387. The van der Waals surface area contributed by atoms with E-state index in [9.17, 15) is 5.11 Å². The summed E-state index contributed by atoms with van der Waals surface area (Å²) in [4.78, 5) is 0. The van der Waals surface area contributed by atoms with Crippen LogP contribution in [0, 0.1) is 0 Å². The number of nitrogens with two attached hydrogens (primary N) is 1. The lowest BCUT2D eigenvalue weighted by atomic mass is 10.3. The molecule has 0 unspecified atom stereocenters. The zero-order chi connectivity index (χ0) is 8.59. The number of nitrogen functional groups attached to an aromatic ring is 1. The smallest absolute Gasteiger partial charge is 0.218 e. The highest BCUT2D eigenvalue weighted by Crippen LogP contribution is 2.35. The van der Waals surface area contributed by atoms with E-state index >= 15 is 0 Å². The minimum atomic E-state index is -0.141. The molecule has 11 heavy (non-hydrogen) atoms. The molecule has 4 heteroatoms. The Labute approximate surface area is 64.2 Å². The highest BCUT2D eigenvalue weighted by molar-refractivity contribution is 5.73. The number of nitrogens with zero attached hydrogens (tertiary/aromatic N) is 1. The van der Waals surface area contributed by atoms with E-state index in [1.54, 1.807) is 0 Å². The predicted octanol–water partition coefficient (Wildman–Crippen LogP) is 0.661. The largest absolute Gasteiger partial charge is 0.494 e. The molecule has 0 spiro atoms. The number of hydrogen-bond donors (Lipinski definition) is 3. The van der Waals surface area contributed by atoms with Crippen molar-refractivity contribution in [1.29, 1.82) is 0 Å². The highest BCUT2D eigenvalue weighted by atomic mass is 16.3. The average Bonchev–Trinajstić information content (AvgIpc) is 2.17. The number of rotatable bonds is 1. The van der Waals surface area contributed by atoms with Crippen molar-refractivity contribution >= 4 is 11.8 Å². The van der Waals surface area contributed by atoms with Crippen LogP contribution < -0.4 is 5.73 Å². The van der Waals surface area contributed by atoms with E-state index < -0.39 is 0 Å². The Kier molecular flexibility index (Phi) is 1.53. The number of anilines is 1. The van der Waals surface area contributed by atoms with Crippen LogP contribution in [0.2, 0.25) is 0 Å². The van der Waals surface area contributed by atoms with Gasteiger partial charge in [0.25, 0.3) is 0 Å². The fraction of sp³-hybridized carbons (Fsp3) is 0.143. The summed E-state index contributed by atoms with van der Waals surface area (Å²) in [6, 6.07) is 0. The van der Waals surface area contributed by atoms with Gasteiger partial charge in [-0.05, 0) is 0 Å². The second-order valence-electron chi connectivity index (χ2n) is 2.24. The maximum atomic E-state index is 9.25. The molecule has 0 radical (unpaired) electrons. The molecule has 0 atom stereocenters. The van der Waals surface area contributed by atoms with E-state index in [0.717, 1.165) is 0 Å². The third-order valence-electron chi connectivity index (χ3n) is 1.61. The van der Waals surface area contributed by atoms with E-state index in [4.69, 9.17) is 10.8 Å². The van der Waals surface area contributed by atoms with Gasteiger partial charge < -0.3 is 15.9 Å². The molecule has 0 saturated heterocycles. The number of aromatic hydroxyl groups is 2. The van der Waals surface area contributed by atoms with Gasteiger partial charge in [0.05, 0.1) is 5.56 Å². The van der Waals surface area contributed by atoms with Gasteiger partial charge in [0.1, 0.15) is 5.69 Å². The van der Waals surface area contributed by atoms with Gasteiger partial charge in [-0.3, -0.25) is 4.57 Å². The topological polar surface area (TPSA) is 71.4 Å². The van der Waals surface area contributed by atoms with Gasteiger partial charge in [-0.15, -0.1) is 0 Å². The third-order valence-corrected chi connectivity index (χ3v) is 1.61. The second-order valence-corrected chi connectivity index (χ2v) is 2.24. The quantitative estimate of drug-likeness (QED) is 0.556. The molecule has 4 nitrogen and oxygen atoms in total. The molecular weight excluding hydrogens is 144 g/mol. The van der Waals surface area contributed by atoms with Crippen molar-refractivity contribution in [2.24, 2.45) is 7.05 Å². The Balaban J connectivity index is 3.47. The zero-order valence-electron chi connectivity index (χ0n) is 6.20. The van der Waals surface area contributed by atoms with Gasteiger partial charge in [0.2, 0.25) is 11.8 Å². The third kappa shape index (κ3) is 0.832. The monoisotopic (exact) mass is 154 g/mol. The van der Waals surface area contributed by atoms with Crippen molar-refractivity contribution in [3.63, 3.8) is 0 Å². The number of aromatic nitrogens is 1. The summed E-state index contributed by atoms with van der Waals surface area (Å²) in [5, 5.41) is 18.4. The van der Waals surface area contributed by atoms with Gasteiger partial charge >= 0.3 is 0 Å². The van der Waals surface area contributed by atoms with Gasteiger partial charge in [0, 0.05) is 7.05 Å². The Hall–Kier alpha value is -1.58. The predicted molar refractivity (Wildman–Crippen MR) is 43.2 cm³/mol. The standard InChI is InChI=1S/C7H10N2O2/c1-3-4-5(8)7(11)9(2)6(4)10/h3,10-11H,1,8H2,2H3. The summed E-state index contributed by atoms with van der Waals surface area (Å²) in [5.74, 6) is -0.215. The molecule has 0 bridgehead atoms. The molecule has 1 heterocycles. The molecule has 1 rings (SSSR count). The molecule has 60 valence electrons. The van der Waals surface area contributed by atoms with Gasteiger partial charge in [0.15, 0.2) is 0 Å². The van der Waals surface area contributed by atoms with Crippen LogP contribution >= 0.6 is 0 Å². The summed E-state index contributed by atoms with van der Waals surface area (Å²) in [6.45, 7) is 3.44. The minimum Gasteiger partial charge on any atom is -0.494 e. The van der Waals surface area contributed by atoms with Gasteiger partial charge in [-0.1, -0.05) is 12.7 Å². The molecule has 1 aromatic heterocycles. The average molecular weight is 154 g/mol. The van der Waals surface area contributed by atoms with E-state index in [0.29, 0.717) is 5.56 Å². The van der Waals surface area contributed by atoms with Crippen molar-refractivity contribution in [2.45, 2.75) is 0 Å². The lowest BCUT2D eigenvalue weighted by Gasteiger charge is -1.94. The normalized spacial score (nSPS) is 9.91. The first-order valence-corrected chi connectivity index (χ1v) is 3.08. The summed E-state index contributed by atoms with van der Waals surface area (Å²) in [6.07, 6.45) is 1.39. The molecule has 0 aliphatic heterocycles. The first kappa shape index (κ1) is 7.53. The Morgan fingerprint density at radius 3 is 2.18 bits per heavy atom. The van der Waals surface area contributed by atoms with E-state index in [-0.39, 0.29) is 17.4 Å². The lowest BCUT2D eigenvalue weighted by Crippen LogP contribution is -1.86. The van der Waals surface area contributed by atoms with Gasteiger partial charge in [-0.2, -0.15) is 0 Å². The molecule has 0 amide bonds. The van der Waals surface area contributed by atoms with Gasteiger partial charge in [-0.25, -0.2) is 0 Å². The van der Waals surface area contributed by atoms with Crippen molar-refractivity contribution < 1.29 is 10.2 Å². The summed E-state index contributed by atoms with van der Waals surface area (Å²) in [7, 11) is 1.51. The molecule has 0 aliphatic carbocycles. The first-order chi connectivity index (χ1) is 5.09. The van der Waals surface area contributed by atoms with Crippen LogP contribution in [-0.4, -0.2) is 14.8 Å². The molecule has 0 saturated carbocycles. The van der Waals surface area contributed by atoms with Crippen LogP contribution in [-0.2, 0) is 7.05 Å². The van der Waals surface area contributed by atoms with Crippen molar-refractivity contribution in [1.82, 2.24) is 4.57 Å². The van der Waals surface area contributed by atoms with Crippen LogP contribution in [0.1, 0.15) is 5.56 Å². The fourth-order valence-corrected chi connectivity index (χ4v) is 0.904. The molecule has 0 fully saturated rings. The zero-order valence-corrected chi connectivity index (χ0v) is 6.20. The van der Waals surface area contributed by atoms with E-state index in [1.807, 2.05) is 0 Å². The summed E-state index contributed by atoms with van der Waals surface area (Å²) in [5.41, 5.74) is 5.93. The first-order valence-electron chi connectivity index (χ1n) is 3.08. The Morgan fingerprint density at radius 1 is 1.45 bits per heavy atom. The molecule has 0 aliphatic rings. The van der Waals surface area contributed by atoms with Crippen LogP contribution in [0.15, 0.2) is 6.58 Å².